The molecule has 1 heterocycles. The van der Waals surface area contributed by atoms with E-state index in [-0.39, 0.29) is 40.1 Å². The summed E-state index contributed by atoms with van der Waals surface area (Å²) < 4.78 is 40.5. The molecule has 0 aliphatic carbocycles. The second kappa shape index (κ2) is 9.05. The first-order valence-corrected chi connectivity index (χ1v) is 11.7. The molecule has 10 heteroatoms. The molecule has 0 saturated carbocycles. The molecule has 4 rings (SSSR count). The zero-order valence-electron chi connectivity index (χ0n) is 16.7. The van der Waals surface area contributed by atoms with Crippen LogP contribution in [-0.4, -0.2) is 34.8 Å². The van der Waals surface area contributed by atoms with E-state index in [9.17, 15) is 17.6 Å². The fourth-order valence-electron chi connectivity index (χ4n) is 3.17. The van der Waals surface area contributed by atoms with Crippen LogP contribution < -0.4 is 5.32 Å². The van der Waals surface area contributed by atoms with E-state index in [1.165, 1.54) is 29.2 Å². The molecule has 1 amide bonds. The summed E-state index contributed by atoms with van der Waals surface area (Å²) in [6.07, 6.45) is 1.06. The van der Waals surface area contributed by atoms with Crippen molar-refractivity contribution in [2.24, 2.45) is 0 Å². The van der Waals surface area contributed by atoms with Crippen molar-refractivity contribution >= 4 is 44.1 Å². The molecule has 0 atom stereocenters. The normalized spacial score (nSPS) is 11.6. The van der Waals surface area contributed by atoms with Crippen molar-refractivity contribution in [2.45, 2.75) is 17.9 Å². The molecule has 164 valence electrons. The lowest BCUT2D eigenvalue weighted by atomic mass is 10.1. The van der Waals surface area contributed by atoms with Crippen molar-refractivity contribution in [2.75, 3.05) is 11.1 Å². The number of anilines is 1. The van der Waals surface area contributed by atoms with Gasteiger partial charge in [-0.15, -0.1) is 5.10 Å². The third-order valence-corrected chi connectivity index (χ3v) is 6.92. The molecule has 0 spiro atoms. The molecule has 32 heavy (non-hydrogen) atoms. The summed E-state index contributed by atoms with van der Waals surface area (Å²) in [6, 6.07) is 16.7. The molecule has 0 unspecified atom stereocenters. The number of sulfone groups is 1. The van der Waals surface area contributed by atoms with Gasteiger partial charge in [0.1, 0.15) is 12.1 Å². The van der Waals surface area contributed by atoms with Crippen LogP contribution in [0, 0.1) is 5.82 Å². The average Bonchev–Trinajstić information content (AvgIpc) is 3.21. The van der Waals surface area contributed by atoms with Gasteiger partial charge >= 0.3 is 0 Å². The van der Waals surface area contributed by atoms with Gasteiger partial charge in [0, 0.05) is 17.0 Å². The maximum atomic E-state index is 13.9. The molecule has 7 nitrogen and oxygen atoms in total. The Bertz CT molecular complexity index is 1390. The predicted molar refractivity (Wildman–Crippen MR) is 120 cm³/mol. The second-order valence-electron chi connectivity index (χ2n) is 7.09. The highest BCUT2D eigenvalue weighted by Crippen LogP contribution is 2.21. The van der Waals surface area contributed by atoms with Gasteiger partial charge in [-0.05, 0) is 35.0 Å². The minimum atomic E-state index is -3.65. The molecule has 0 radical (unpaired) electrons. The number of rotatable bonds is 7. The molecule has 0 aliphatic rings. The van der Waals surface area contributed by atoms with Crippen LogP contribution in [0.2, 0.25) is 5.02 Å². The standard InChI is InChI=1S/C22H18ClFN4O3S/c23-19-6-3-7-20(24)18(19)13-28-14-25-22(27-28)26-21(29)10-11-32(30,31)17-9-8-15-4-1-2-5-16(15)12-17/h1-9,12,14H,10-11,13H2,(H,26,27,29). The van der Waals surface area contributed by atoms with Gasteiger partial charge in [0.25, 0.3) is 0 Å². The van der Waals surface area contributed by atoms with Gasteiger partial charge < -0.3 is 0 Å². The van der Waals surface area contributed by atoms with Crippen LogP contribution in [0.3, 0.4) is 0 Å². The molecule has 1 N–H and O–H groups in total. The Morgan fingerprint density at radius 3 is 2.62 bits per heavy atom. The Labute approximate surface area is 188 Å². The summed E-state index contributed by atoms with van der Waals surface area (Å²) in [7, 11) is -3.65. The van der Waals surface area contributed by atoms with Gasteiger partial charge in [-0.2, -0.15) is 0 Å². The van der Waals surface area contributed by atoms with Crippen LogP contribution in [-0.2, 0) is 21.2 Å². The van der Waals surface area contributed by atoms with E-state index in [1.807, 2.05) is 24.3 Å². The summed E-state index contributed by atoms with van der Waals surface area (Å²) in [5, 5.41) is 8.52. The van der Waals surface area contributed by atoms with E-state index in [0.717, 1.165) is 10.8 Å². The number of hydrogen-bond acceptors (Lipinski definition) is 5. The zero-order chi connectivity index (χ0) is 22.7. The van der Waals surface area contributed by atoms with Crippen LogP contribution >= 0.6 is 11.6 Å². The van der Waals surface area contributed by atoms with Crippen molar-refractivity contribution < 1.29 is 17.6 Å². The number of carbonyl (C=O) groups is 1. The summed E-state index contributed by atoms with van der Waals surface area (Å²) in [4.78, 5) is 16.3. The van der Waals surface area contributed by atoms with E-state index >= 15 is 0 Å². The Morgan fingerprint density at radius 1 is 1.06 bits per heavy atom. The van der Waals surface area contributed by atoms with E-state index in [4.69, 9.17) is 11.6 Å². The fraction of sp³-hybridized carbons (Fsp3) is 0.136. The van der Waals surface area contributed by atoms with Crippen molar-refractivity contribution in [1.29, 1.82) is 0 Å². The van der Waals surface area contributed by atoms with Crippen LogP contribution in [0.4, 0.5) is 10.3 Å². The van der Waals surface area contributed by atoms with E-state index in [0.29, 0.717) is 0 Å². The Hall–Kier alpha value is -3.30. The number of aromatic nitrogens is 3. The molecule has 0 saturated heterocycles. The van der Waals surface area contributed by atoms with Gasteiger partial charge in [0.05, 0.1) is 17.2 Å². The summed E-state index contributed by atoms with van der Waals surface area (Å²) in [5.41, 5.74) is 0.249. The van der Waals surface area contributed by atoms with Crippen molar-refractivity contribution in [3.63, 3.8) is 0 Å². The zero-order valence-corrected chi connectivity index (χ0v) is 18.3. The first kappa shape index (κ1) is 21.9. The van der Waals surface area contributed by atoms with Gasteiger partial charge in [0.15, 0.2) is 9.84 Å². The van der Waals surface area contributed by atoms with E-state index < -0.39 is 21.6 Å². The number of fused-ring (bicyclic) bond motifs is 1. The lowest BCUT2D eigenvalue weighted by Gasteiger charge is -2.06. The molecule has 0 aliphatic heterocycles. The van der Waals surface area contributed by atoms with Crippen molar-refractivity contribution in [1.82, 2.24) is 14.8 Å². The molecule has 0 fully saturated rings. The highest BCUT2D eigenvalue weighted by Gasteiger charge is 2.18. The molecule has 4 aromatic rings. The predicted octanol–water partition coefficient (Wildman–Crippen LogP) is 4.07. The number of hydrogen-bond donors (Lipinski definition) is 1. The number of halogens is 2. The third kappa shape index (κ3) is 4.95. The summed E-state index contributed by atoms with van der Waals surface area (Å²) >= 11 is 6.01. The highest BCUT2D eigenvalue weighted by molar-refractivity contribution is 7.91. The minimum absolute atomic E-state index is 0.00874. The number of amides is 1. The first-order valence-electron chi connectivity index (χ1n) is 9.65. The smallest absolute Gasteiger partial charge is 0.248 e. The quantitative estimate of drug-likeness (QED) is 0.437. The molecule has 0 bridgehead atoms. The number of nitrogens with one attached hydrogen (secondary N) is 1. The van der Waals surface area contributed by atoms with E-state index in [1.54, 1.807) is 18.2 Å². The van der Waals surface area contributed by atoms with Crippen molar-refractivity contribution in [3.8, 4) is 0 Å². The van der Waals surface area contributed by atoms with Gasteiger partial charge in [0.2, 0.25) is 11.9 Å². The van der Waals surface area contributed by atoms with Crippen molar-refractivity contribution in [3.05, 3.63) is 83.4 Å². The maximum Gasteiger partial charge on any atom is 0.248 e. The van der Waals surface area contributed by atoms with Crippen LogP contribution in [0.1, 0.15) is 12.0 Å². The molecule has 1 aromatic heterocycles. The monoisotopic (exact) mass is 472 g/mol. The summed E-state index contributed by atoms with van der Waals surface area (Å²) in [6.45, 7) is 0.0325. The van der Waals surface area contributed by atoms with Gasteiger partial charge in [-0.25, -0.2) is 22.5 Å². The van der Waals surface area contributed by atoms with Crippen LogP contribution in [0.5, 0.6) is 0 Å². The largest absolute Gasteiger partial charge is 0.293 e. The Morgan fingerprint density at radius 2 is 1.84 bits per heavy atom. The topological polar surface area (TPSA) is 94.0 Å². The second-order valence-corrected chi connectivity index (χ2v) is 9.61. The average molecular weight is 473 g/mol. The summed E-state index contributed by atoms with van der Waals surface area (Å²) in [5.74, 6) is -1.39. The minimum Gasteiger partial charge on any atom is -0.293 e. The van der Waals surface area contributed by atoms with Gasteiger partial charge in [-0.1, -0.05) is 48.0 Å². The van der Waals surface area contributed by atoms with Gasteiger partial charge in [-0.3, -0.25) is 10.1 Å². The first-order chi connectivity index (χ1) is 15.3. The van der Waals surface area contributed by atoms with Crippen LogP contribution in [0.25, 0.3) is 10.8 Å². The fourth-order valence-corrected chi connectivity index (χ4v) is 4.66. The lowest BCUT2D eigenvalue weighted by Crippen LogP contribution is -2.18. The van der Waals surface area contributed by atoms with Crippen LogP contribution in [0.15, 0.2) is 71.9 Å². The Balaban J connectivity index is 1.37. The molecule has 3 aromatic carbocycles. The molecular weight excluding hydrogens is 455 g/mol. The lowest BCUT2D eigenvalue weighted by molar-refractivity contribution is -0.115. The number of carbonyl (C=O) groups excluding carboxylic acids is 1. The number of benzene rings is 3. The third-order valence-electron chi connectivity index (χ3n) is 4.85. The maximum absolute atomic E-state index is 13.9. The Kier molecular flexibility index (Phi) is 6.20. The van der Waals surface area contributed by atoms with E-state index in [2.05, 4.69) is 15.4 Å². The molecular formula is C22H18ClFN4O3S. The number of nitrogens with zero attached hydrogens (tertiary/aromatic N) is 3. The SMILES string of the molecule is O=C(CCS(=O)(=O)c1ccc2ccccc2c1)Nc1ncn(Cc2c(F)cccc2Cl)n1. The highest BCUT2D eigenvalue weighted by atomic mass is 35.5.